The zero-order valence-electron chi connectivity index (χ0n) is 14.1. The molecule has 2 aromatic rings. The third-order valence-corrected chi connectivity index (χ3v) is 5.43. The second-order valence-electron chi connectivity index (χ2n) is 6.01. The first kappa shape index (κ1) is 17.3. The fourth-order valence-electron chi connectivity index (χ4n) is 2.86. The lowest BCUT2D eigenvalue weighted by atomic mass is 10.1. The number of nitro benzene ring substituents is 1. The number of non-ortho nitro benzene ring substituents is 1. The van der Waals surface area contributed by atoms with Gasteiger partial charge in [0.15, 0.2) is 0 Å². The number of nitrogens with one attached hydrogen (secondary N) is 1. The molecule has 1 heterocycles. The zero-order valence-corrected chi connectivity index (χ0v) is 14.9. The highest BCUT2D eigenvalue weighted by molar-refractivity contribution is 7.99. The molecule has 0 radical (unpaired) electrons. The monoisotopic (exact) mass is 357 g/mol. The summed E-state index contributed by atoms with van der Waals surface area (Å²) in [6.07, 6.45) is 0. The summed E-state index contributed by atoms with van der Waals surface area (Å²) < 4.78 is 0. The highest BCUT2D eigenvalue weighted by Gasteiger charge is 2.31. The normalized spacial score (nSPS) is 16.7. The van der Waals surface area contributed by atoms with Crippen LogP contribution in [-0.4, -0.2) is 28.2 Å². The molecule has 1 fully saturated rings. The Morgan fingerprint density at radius 3 is 2.60 bits per heavy atom. The number of carbonyl (C=O) groups excluding carboxylic acids is 1. The molecule has 0 aromatic heterocycles. The van der Waals surface area contributed by atoms with Crippen molar-refractivity contribution in [3.05, 3.63) is 69.3 Å². The number of benzene rings is 2. The average Bonchev–Trinajstić information content (AvgIpc) is 3.07. The summed E-state index contributed by atoms with van der Waals surface area (Å²) >= 11 is 1.66. The Labute approximate surface area is 150 Å². The van der Waals surface area contributed by atoms with Crippen LogP contribution in [0.1, 0.15) is 22.1 Å². The van der Waals surface area contributed by atoms with E-state index in [1.807, 2.05) is 32.0 Å². The number of rotatable bonds is 3. The molecule has 1 unspecified atom stereocenters. The van der Waals surface area contributed by atoms with Crippen LogP contribution in [0, 0.1) is 24.0 Å². The summed E-state index contributed by atoms with van der Waals surface area (Å²) in [6, 6.07) is 12.2. The van der Waals surface area contributed by atoms with Gasteiger partial charge in [-0.05, 0) is 43.2 Å². The van der Waals surface area contributed by atoms with Crippen LogP contribution < -0.4 is 5.32 Å². The van der Waals surface area contributed by atoms with Crippen molar-refractivity contribution in [3.63, 3.8) is 0 Å². The number of aryl methyl sites for hydroxylation is 2. The summed E-state index contributed by atoms with van der Waals surface area (Å²) in [5, 5.41) is 13.6. The Bertz CT molecular complexity index is 808. The van der Waals surface area contributed by atoms with Gasteiger partial charge < -0.3 is 10.2 Å². The molecule has 7 heteroatoms. The lowest BCUT2D eigenvalue weighted by molar-refractivity contribution is -0.384. The Balaban J connectivity index is 1.76. The average molecular weight is 357 g/mol. The molecule has 0 bridgehead atoms. The molecule has 1 aliphatic heterocycles. The largest absolute Gasteiger partial charge is 0.323 e. The van der Waals surface area contributed by atoms with E-state index >= 15 is 0 Å². The summed E-state index contributed by atoms with van der Waals surface area (Å²) in [6.45, 7) is 4.62. The van der Waals surface area contributed by atoms with Crippen LogP contribution in [0.4, 0.5) is 16.2 Å². The van der Waals surface area contributed by atoms with Gasteiger partial charge in [0, 0.05) is 30.1 Å². The van der Waals surface area contributed by atoms with E-state index in [1.54, 1.807) is 28.8 Å². The van der Waals surface area contributed by atoms with Crippen molar-refractivity contribution in [2.24, 2.45) is 0 Å². The van der Waals surface area contributed by atoms with Crippen molar-refractivity contribution in [1.82, 2.24) is 4.90 Å². The number of carbonyl (C=O) groups is 1. The van der Waals surface area contributed by atoms with E-state index in [4.69, 9.17) is 0 Å². The van der Waals surface area contributed by atoms with Gasteiger partial charge in [-0.2, -0.15) is 0 Å². The van der Waals surface area contributed by atoms with Crippen molar-refractivity contribution < 1.29 is 9.72 Å². The van der Waals surface area contributed by atoms with Crippen molar-refractivity contribution in [2.75, 3.05) is 17.6 Å². The van der Waals surface area contributed by atoms with Gasteiger partial charge in [-0.1, -0.05) is 17.7 Å². The Morgan fingerprint density at radius 2 is 1.96 bits per heavy atom. The predicted molar refractivity (Wildman–Crippen MR) is 99.9 cm³/mol. The van der Waals surface area contributed by atoms with Gasteiger partial charge in [0.05, 0.1) is 4.92 Å². The van der Waals surface area contributed by atoms with E-state index in [2.05, 4.69) is 5.32 Å². The van der Waals surface area contributed by atoms with Crippen molar-refractivity contribution in [1.29, 1.82) is 0 Å². The van der Waals surface area contributed by atoms with E-state index in [9.17, 15) is 14.9 Å². The summed E-state index contributed by atoms with van der Waals surface area (Å²) in [4.78, 5) is 24.8. The third-order valence-electron chi connectivity index (χ3n) is 4.16. The summed E-state index contributed by atoms with van der Waals surface area (Å²) in [5.74, 6) is 0.835. The maximum atomic E-state index is 12.7. The number of urea groups is 1. The molecule has 1 aliphatic rings. The molecule has 0 spiro atoms. The van der Waals surface area contributed by atoms with Crippen LogP contribution in [-0.2, 0) is 0 Å². The second-order valence-corrected chi connectivity index (χ2v) is 7.20. The fourth-order valence-corrected chi connectivity index (χ4v) is 4.11. The maximum Gasteiger partial charge on any atom is 0.323 e. The SMILES string of the molecule is Cc1ccc(NC(=O)N2CCSC2c2ccc([N+](=O)[O-])cc2)c(C)c1. The summed E-state index contributed by atoms with van der Waals surface area (Å²) in [7, 11) is 0. The molecule has 130 valence electrons. The van der Waals surface area contributed by atoms with E-state index in [-0.39, 0.29) is 17.1 Å². The Kier molecular flexibility index (Phi) is 4.94. The van der Waals surface area contributed by atoms with Crippen LogP contribution in [0.2, 0.25) is 0 Å². The van der Waals surface area contributed by atoms with Crippen LogP contribution in [0.25, 0.3) is 0 Å². The van der Waals surface area contributed by atoms with Crippen LogP contribution in [0.3, 0.4) is 0 Å². The lowest BCUT2D eigenvalue weighted by Crippen LogP contribution is -2.34. The number of nitro groups is 1. The minimum atomic E-state index is -0.420. The summed E-state index contributed by atoms with van der Waals surface area (Å²) in [5.41, 5.74) is 3.92. The zero-order chi connectivity index (χ0) is 18.0. The van der Waals surface area contributed by atoms with Crippen LogP contribution in [0.15, 0.2) is 42.5 Å². The molecule has 1 N–H and O–H groups in total. The molecule has 0 aliphatic carbocycles. The highest BCUT2D eigenvalue weighted by Crippen LogP contribution is 2.38. The Hall–Kier alpha value is -2.54. The Morgan fingerprint density at radius 1 is 1.24 bits per heavy atom. The molecule has 2 amide bonds. The number of anilines is 1. The first-order valence-electron chi connectivity index (χ1n) is 7.96. The van der Waals surface area contributed by atoms with E-state index < -0.39 is 4.92 Å². The van der Waals surface area contributed by atoms with Gasteiger partial charge in [-0.25, -0.2) is 4.79 Å². The number of thioether (sulfide) groups is 1. The van der Waals surface area contributed by atoms with Gasteiger partial charge in [0.2, 0.25) is 0 Å². The van der Waals surface area contributed by atoms with Gasteiger partial charge in [-0.15, -0.1) is 11.8 Å². The van der Waals surface area contributed by atoms with Crippen molar-refractivity contribution in [2.45, 2.75) is 19.2 Å². The first-order valence-corrected chi connectivity index (χ1v) is 9.01. The highest BCUT2D eigenvalue weighted by atomic mass is 32.2. The van der Waals surface area contributed by atoms with Crippen LogP contribution in [0.5, 0.6) is 0 Å². The van der Waals surface area contributed by atoms with E-state index in [0.717, 1.165) is 28.1 Å². The lowest BCUT2D eigenvalue weighted by Gasteiger charge is -2.25. The quantitative estimate of drug-likeness (QED) is 0.648. The molecular weight excluding hydrogens is 338 g/mol. The predicted octanol–water partition coefficient (Wildman–Crippen LogP) is 4.49. The molecule has 25 heavy (non-hydrogen) atoms. The molecule has 2 aromatic carbocycles. The molecular formula is C18H19N3O3S. The van der Waals surface area contributed by atoms with Gasteiger partial charge in [0.25, 0.3) is 5.69 Å². The molecule has 3 rings (SSSR count). The first-order chi connectivity index (χ1) is 12.0. The fraction of sp³-hybridized carbons (Fsp3) is 0.278. The van der Waals surface area contributed by atoms with Crippen LogP contribution >= 0.6 is 11.8 Å². The van der Waals surface area contributed by atoms with Gasteiger partial charge in [0.1, 0.15) is 5.37 Å². The van der Waals surface area contributed by atoms with E-state index in [0.29, 0.717) is 6.54 Å². The minimum absolute atomic E-state index is 0.0537. The maximum absolute atomic E-state index is 12.7. The standard InChI is InChI=1S/C18H19N3O3S/c1-12-3-8-16(13(2)11-12)19-18(22)20-9-10-25-17(20)14-4-6-15(7-5-14)21(23)24/h3-8,11,17H,9-10H2,1-2H3,(H,19,22). The molecule has 1 atom stereocenters. The molecule has 6 nitrogen and oxygen atoms in total. The minimum Gasteiger partial charge on any atom is -0.308 e. The third kappa shape index (κ3) is 3.76. The van der Waals surface area contributed by atoms with Crippen molar-refractivity contribution in [3.8, 4) is 0 Å². The second kappa shape index (κ2) is 7.14. The number of nitrogens with zero attached hydrogens (tertiary/aromatic N) is 2. The molecule has 1 saturated heterocycles. The smallest absolute Gasteiger partial charge is 0.308 e. The van der Waals surface area contributed by atoms with Gasteiger partial charge >= 0.3 is 6.03 Å². The number of hydrogen-bond acceptors (Lipinski definition) is 4. The molecule has 0 saturated carbocycles. The number of hydrogen-bond donors (Lipinski definition) is 1. The van der Waals surface area contributed by atoms with Gasteiger partial charge in [-0.3, -0.25) is 10.1 Å². The number of amides is 2. The topological polar surface area (TPSA) is 75.5 Å². The van der Waals surface area contributed by atoms with E-state index in [1.165, 1.54) is 12.1 Å². The van der Waals surface area contributed by atoms with Crippen molar-refractivity contribution >= 4 is 29.2 Å².